The summed E-state index contributed by atoms with van der Waals surface area (Å²) in [6.07, 6.45) is 5.52. The Morgan fingerprint density at radius 1 is 1.43 bits per heavy atom. The van der Waals surface area contributed by atoms with E-state index in [2.05, 4.69) is 5.16 Å². The van der Waals surface area contributed by atoms with Gasteiger partial charge < -0.3 is 14.5 Å². The van der Waals surface area contributed by atoms with Crippen molar-refractivity contribution in [2.45, 2.75) is 70.4 Å². The lowest BCUT2D eigenvalue weighted by Gasteiger charge is -2.32. The molecule has 2 fully saturated rings. The van der Waals surface area contributed by atoms with Gasteiger partial charge in [0.15, 0.2) is 0 Å². The van der Waals surface area contributed by atoms with Crippen LogP contribution in [-0.4, -0.2) is 39.1 Å². The molecule has 1 saturated heterocycles. The molecule has 0 unspecified atom stereocenters. The molecule has 1 aromatic rings. The predicted molar refractivity (Wildman–Crippen MR) is 83.2 cm³/mol. The van der Waals surface area contributed by atoms with Gasteiger partial charge in [0.05, 0.1) is 5.69 Å². The minimum Gasteiger partial charge on any atom is -0.480 e. The summed E-state index contributed by atoms with van der Waals surface area (Å²) in [6, 6.07) is 0.952. The van der Waals surface area contributed by atoms with Crippen LogP contribution < -0.4 is 0 Å². The van der Waals surface area contributed by atoms with Gasteiger partial charge in [-0.3, -0.25) is 4.79 Å². The lowest BCUT2D eigenvalue weighted by atomic mass is 9.84. The Bertz CT molecular complexity index is 597. The van der Waals surface area contributed by atoms with E-state index in [0.29, 0.717) is 12.3 Å². The first kappa shape index (κ1) is 16.0. The molecule has 2 aliphatic rings. The second-order valence-corrected chi connectivity index (χ2v) is 6.84. The van der Waals surface area contributed by atoms with Crippen LogP contribution in [0.5, 0.6) is 0 Å². The molecule has 1 aliphatic heterocycles. The SMILES string of the molecule is CC[C@H](C)c1cc(C(=O)N2[C@H](C(=O)O)C[C@H]3CCCC[C@@H]32)on1. The van der Waals surface area contributed by atoms with E-state index in [4.69, 9.17) is 4.52 Å². The molecule has 1 aromatic heterocycles. The number of carboxylic acid groups (broad SMARTS) is 1. The van der Waals surface area contributed by atoms with Gasteiger partial charge in [-0.2, -0.15) is 0 Å². The lowest BCUT2D eigenvalue weighted by Crippen LogP contribution is -2.46. The highest BCUT2D eigenvalue weighted by molar-refractivity contribution is 5.95. The molecule has 23 heavy (non-hydrogen) atoms. The fraction of sp³-hybridized carbons (Fsp3) is 0.706. The van der Waals surface area contributed by atoms with Crippen LogP contribution in [0.2, 0.25) is 0 Å². The fourth-order valence-corrected chi connectivity index (χ4v) is 3.93. The van der Waals surface area contributed by atoms with Gasteiger partial charge in [-0.25, -0.2) is 4.79 Å². The lowest BCUT2D eigenvalue weighted by molar-refractivity contribution is -0.141. The minimum atomic E-state index is -0.922. The molecule has 0 aromatic carbocycles. The van der Waals surface area contributed by atoms with Crippen LogP contribution in [0, 0.1) is 5.92 Å². The molecule has 0 bridgehead atoms. The van der Waals surface area contributed by atoms with Crippen LogP contribution in [0.3, 0.4) is 0 Å². The van der Waals surface area contributed by atoms with Crippen molar-refractivity contribution < 1.29 is 19.2 Å². The Morgan fingerprint density at radius 3 is 2.87 bits per heavy atom. The minimum absolute atomic E-state index is 0.0227. The summed E-state index contributed by atoms with van der Waals surface area (Å²) in [5.74, 6) is -0.566. The van der Waals surface area contributed by atoms with Crippen LogP contribution in [-0.2, 0) is 4.79 Å². The Kier molecular flexibility index (Phi) is 4.41. The molecule has 0 radical (unpaired) electrons. The summed E-state index contributed by atoms with van der Waals surface area (Å²) in [5, 5.41) is 13.5. The second-order valence-electron chi connectivity index (χ2n) is 6.84. The third-order valence-electron chi connectivity index (χ3n) is 5.46. The average Bonchev–Trinajstić information content (AvgIpc) is 3.18. The number of hydrogen-bond acceptors (Lipinski definition) is 4. The van der Waals surface area contributed by atoms with Crippen molar-refractivity contribution in [2.24, 2.45) is 5.92 Å². The Hall–Kier alpha value is -1.85. The van der Waals surface area contributed by atoms with Gasteiger partial charge >= 0.3 is 5.97 Å². The summed E-state index contributed by atoms with van der Waals surface area (Å²) in [5.41, 5.74) is 0.752. The van der Waals surface area contributed by atoms with Crippen LogP contribution in [0.1, 0.15) is 74.5 Å². The van der Waals surface area contributed by atoms with Gasteiger partial charge in [0.1, 0.15) is 6.04 Å². The summed E-state index contributed by atoms with van der Waals surface area (Å²) >= 11 is 0. The van der Waals surface area contributed by atoms with E-state index < -0.39 is 12.0 Å². The van der Waals surface area contributed by atoms with Crippen molar-refractivity contribution in [3.63, 3.8) is 0 Å². The topological polar surface area (TPSA) is 83.6 Å². The number of carbonyl (C=O) groups is 2. The van der Waals surface area contributed by atoms with Gasteiger partial charge in [0.2, 0.25) is 5.76 Å². The van der Waals surface area contributed by atoms with E-state index in [0.717, 1.165) is 37.8 Å². The fourth-order valence-electron chi connectivity index (χ4n) is 3.93. The van der Waals surface area contributed by atoms with Gasteiger partial charge in [-0.1, -0.05) is 31.8 Å². The van der Waals surface area contributed by atoms with Crippen molar-refractivity contribution in [2.75, 3.05) is 0 Å². The number of aromatic nitrogens is 1. The number of amides is 1. The number of fused-ring (bicyclic) bond motifs is 1. The number of carboxylic acids is 1. The molecule has 1 N–H and O–H groups in total. The van der Waals surface area contributed by atoms with Crippen molar-refractivity contribution >= 4 is 11.9 Å². The van der Waals surface area contributed by atoms with E-state index in [1.54, 1.807) is 11.0 Å². The van der Waals surface area contributed by atoms with Gasteiger partial charge in [0.25, 0.3) is 5.91 Å². The molecule has 1 aliphatic carbocycles. The number of likely N-dealkylation sites (tertiary alicyclic amines) is 1. The van der Waals surface area contributed by atoms with Crippen molar-refractivity contribution in [1.82, 2.24) is 10.1 Å². The molecule has 4 atom stereocenters. The highest BCUT2D eigenvalue weighted by atomic mass is 16.5. The molecule has 6 heteroatoms. The van der Waals surface area contributed by atoms with Gasteiger partial charge in [-0.05, 0) is 31.6 Å². The van der Waals surface area contributed by atoms with Crippen LogP contribution in [0.4, 0.5) is 0 Å². The number of rotatable bonds is 4. The van der Waals surface area contributed by atoms with E-state index in [1.165, 1.54) is 0 Å². The zero-order valence-electron chi connectivity index (χ0n) is 13.7. The standard InChI is InChI=1S/C17H24N2O4/c1-3-10(2)12-9-15(23-18-12)16(20)19-13-7-5-4-6-11(13)8-14(19)17(21)22/h9-11,13-14H,3-8H2,1-2H3,(H,21,22)/t10-,11+,13-,14-/m0/s1. The quantitative estimate of drug-likeness (QED) is 0.922. The van der Waals surface area contributed by atoms with Gasteiger partial charge in [0, 0.05) is 18.0 Å². The van der Waals surface area contributed by atoms with Crippen LogP contribution in [0.15, 0.2) is 10.6 Å². The molecule has 3 rings (SSSR count). The monoisotopic (exact) mass is 320 g/mol. The van der Waals surface area contributed by atoms with E-state index >= 15 is 0 Å². The van der Waals surface area contributed by atoms with E-state index in [9.17, 15) is 14.7 Å². The molecule has 1 amide bonds. The van der Waals surface area contributed by atoms with Crippen molar-refractivity contribution in [1.29, 1.82) is 0 Å². The number of nitrogens with zero attached hydrogens (tertiary/aromatic N) is 2. The second kappa shape index (κ2) is 6.34. The molecular weight excluding hydrogens is 296 g/mol. The molecule has 2 heterocycles. The molecule has 1 saturated carbocycles. The summed E-state index contributed by atoms with van der Waals surface area (Å²) in [7, 11) is 0. The number of aliphatic carboxylic acids is 1. The Balaban J connectivity index is 1.86. The summed E-state index contributed by atoms with van der Waals surface area (Å²) in [6.45, 7) is 4.08. The number of hydrogen-bond donors (Lipinski definition) is 1. The van der Waals surface area contributed by atoms with E-state index in [1.807, 2.05) is 13.8 Å². The summed E-state index contributed by atoms with van der Waals surface area (Å²) < 4.78 is 5.24. The summed E-state index contributed by atoms with van der Waals surface area (Å²) in [4.78, 5) is 26.0. The molecular formula is C17H24N2O4. The number of carbonyl (C=O) groups excluding carboxylic acids is 1. The van der Waals surface area contributed by atoms with Crippen molar-refractivity contribution in [3.05, 3.63) is 17.5 Å². The molecule has 0 spiro atoms. The maximum Gasteiger partial charge on any atom is 0.326 e. The predicted octanol–water partition coefficient (Wildman–Crippen LogP) is 3.05. The maximum atomic E-state index is 12.9. The first-order valence-corrected chi connectivity index (χ1v) is 8.55. The molecule has 126 valence electrons. The van der Waals surface area contributed by atoms with Gasteiger partial charge in [-0.15, -0.1) is 0 Å². The van der Waals surface area contributed by atoms with Crippen LogP contribution >= 0.6 is 0 Å². The zero-order chi connectivity index (χ0) is 16.6. The highest BCUT2D eigenvalue weighted by Crippen LogP contribution is 2.40. The first-order chi connectivity index (χ1) is 11.0. The third kappa shape index (κ3) is 2.86. The normalized spacial score (nSPS) is 28.4. The third-order valence-corrected chi connectivity index (χ3v) is 5.46. The average molecular weight is 320 g/mol. The Labute approximate surface area is 135 Å². The largest absolute Gasteiger partial charge is 0.480 e. The highest BCUT2D eigenvalue weighted by Gasteiger charge is 2.48. The Morgan fingerprint density at radius 2 is 2.17 bits per heavy atom. The van der Waals surface area contributed by atoms with Crippen LogP contribution in [0.25, 0.3) is 0 Å². The maximum absolute atomic E-state index is 12.9. The van der Waals surface area contributed by atoms with E-state index in [-0.39, 0.29) is 23.6 Å². The van der Waals surface area contributed by atoms with Crippen molar-refractivity contribution in [3.8, 4) is 0 Å². The zero-order valence-corrected chi connectivity index (χ0v) is 13.7. The first-order valence-electron chi connectivity index (χ1n) is 8.55. The smallest absolute Gasteiger partial charge is 0.326 e. The molecule has 6 nitrogen and oxygen atoms in total.